The van der Waals surface area contributed by atoms with Crippen LogP contribution >= 0.6 is 11.8 Å². The zero-order valence-corrected chi connectivity index (χ0v) is 29.8. The highest BCUT2D eigenvalue weighted by Crippen LogP contribution is 2.38. The van der Waals surface area contributed by atoms with E-state index in [1.165, 1.54) is 17.8 Å². The van der Waals surface area contributed by atoms with E-state index in [9.17, 15) is 19.2 Å². The second-order valence-corrected chi connectivity index (χ2v) is 13.2. The van der Waals surface area contributed by atoms with Gasteiger partial charge in [-0.1, -0.05) is 96.7 Å². The number of carbonyl (C=O) groups is 3. The van der Waals surface area contributed by atoms with Crippen molar-refractivity contribution < 1.29 is 38.1 Å². The minimum absolute atomic E-state index is 0.260. The number of hydrogen-bond donors (Lipinski definition) is 0. The topological polar surface area (TPSA) is 132 Å². The van der Waals surface area contributed by atoms with Crippen LogP contribution in [0.5, 0.6) is 0 Å². The normalized spacial score (nSPS) is 17.9. The van der Waals surface area contributed by atoms with Crippen LogP contribution in [0.1, 0.15) is 55.0 Å². The van der Waals surface area contributed by atoms with E-state index in [-0.39, 0.29) is 17.7 Å². The lowest BCUT2D eigenvalue weighted by atomic mass is 10.1. The van der Waals surface area contributed by atoms with Crippen LogP contribution in [0.4, 0.5) is 0 Å². The molecule has 0 aliphatic carbocycles. The van der Waals surface area contributed by atoms with Gasteiger partial charge in [0.2, 0.25) is 0 Å². The molecule has 1 saturated heterocycles. The molecule has 12 heteroatoms. The molecule has 4 aromatic carbocycles. The van der Waals surface area contributed by atoms with E-state index in [2.05, 4.69) is 4.98 Å². The van der Waals surface area contributed by atoms with Crippen LogP contribution in [0.3, 0.4) is 0 Å². The number of hydrogen-bond acceptors (Lipinski definition) is 11. The molecule has 53 heavy (non-hydrogen) atoms. The van der Waals surface area contributed by atoms with Crippen molar-refractivity contribution >= 4 is 29.7 Å². The number of ether oxygens (including phenoxy) is 5. The van der Waals surface area contributed by atoms with E-state index in [1.807, 2.05) is 30.3 Å². The van der Waals surface area contributed by atoms with Gasteiger partial charge in [-0.15, -0.1) is 0 Å². The number of rotatable bonds is 15. The number of benzene rings is 4. The molecule has 0 bridgehead atoms. The van der Waals surface area contributed by atoms with Gasteiger partial charge in [0.1, 0.15) is 12.7 Å². The van der Waals surface area contributed by atoms with Crippen LogP contribution in [0, 0.1) is 6.92 Å². The Bertz CT molecular complexity index is 2030. The number of nitrogens with zero attached hydrogens (tertiary/aromatic N) is 2. The summed E-state index contributed by atoms with van der Waals surface area (Å²) in [4.78, 5) is 57.3. The maximum Gasteiger partial charge on any atom is 0.338 e. The summed E-state index contributed by atoms with van der Waals surface area (Å²) in [7, 11) is 0. The van der Waals surface area contributed by atoms with Crippen LogP contribution in [0.2, 0.25) is 0 Å². The second-order valence-electron chi connectivity index (χ2n) is 12.1. The highest BCUT2D eigenvalue weighted by atomic mass is 32.2. The van der Waals surface area contributed by atoms with Crippen molar-refractivity contribution in [2.75, 3.05) is 19.0 Å². The lowest BCUT2D eigenvalue weighted by Gasteiger charge is -2.27. The van der Waals surface area contributed by atoms with Crippen molar-refractivity contribution in [3.63, 3.8) is 0 Å². The molecule has 0 radical (unpaired) electrons. The van der Waals surface area contributed by atoms with Gasteiger partial charge in [0, 0.05) is 24.1 Å². The molecule has 4 atom stereocenters. The number of esters is 3. The number of aromatic nitrogens is 2. The third kappa shape index (κ3) is 9.86. The van der Waals surface area contributed by atoms with E-state index in [4.69, 9.17) is 23.7 Å². The maximum absolute atomic E-state index is 13.6. The minimum Gasteiger partial charge on any atom is -0.459 e. The monoisotopic (exact) mass is 734 g/mol. The number of carbonyl (C=O) groups excluding carboxylic acids is 3. The highest BCUT2D eigenvalue weighted by Gasteiger charge is 2.52. The summed E-state index contributed by atoms with van der Waals surface area (Å²) >= 11 is 1.31. The third-order valence-corrected chi connectivity index (χ3v) is 9.37. The Morgan fingerprint density at radius 2 is 1.26 bits per heavy atom. The highest BCUT2D eigenvalue weighted by molar-refractivity contribution is 7.99. The van der Waals surface area contributed by atoms with Crippen molar-refractivity contribution in [3.8, 4) is 0 Å². The van der Waals surface area contributed by atoms with E-state index in [0.717, 1.165) is 5.56 Å². The van der Waals surface area contributed by atoms with Gasteiger partial charge in [-0.25, -0.2) is 14.4 Å². The standard InChI is InChI=1S/C41H38N2O9S/c1-28-25-34(44)42-41(53-24-14-23-48-26-29-15-6-2-7-16-29)43(28)37-36(52-40(47)32-21-12-5-13-22-32)35(51-39(46)31-19-10-4-11-20-31)33(50-37)27-49-38(45)30-17-8-3-9-18-30/h2-13,15-22,25,33,35-37H,14,23-24,26-27H2,1H3/t33-,35-,36-,37-/m1/s1. The molecule has 1 fully saturated rings. The molecule has 11 nitrogen and oxygen atoms in total. The van der Waals surface area contributed by atoms with Crippen molar-refractivity contribution in [2.45, 2.75) is 49.6 Å². The minimum atomic E-state index is -1.26. The predicted octanol–water partition coefficient (Wildman–Crippen LogP) is 6.46. The van der Waals surface area contributed by atoms with Gasteiger partial charge in [-0.05, 0) is 55.3 Å². The molecule has 0 unspecified atom stereocenters. The summed E-state index contributed by atoms with van der Waals surface area (Å²) in [5, 5.41) is 0.305. The van der Waals surface area contributed by atoms with Crippen LogP contribution < -0.4 is 5.56 Å². The summed E-state index contributed by atoms with van der Waals surface area (Å²) in [5.74, 6) is -1.46. The Morgan fingerprint density at radius 1 is 0.736 bits per heavy atom. The average molecular weight is 735 g/mol. The second kappa shape index (κ2) is 18.3. The van der Waals surface area contributed by atoms with Crippen molar-refractivity contribution in [1.29, 1.82) is 0 Å². The molecule has 2 heterocycles. The third-order valence-electron chi connectivity index (χ3n) is 8.33. The van der Waals surface area contributed by atoms with Gasteiger partial charge >= 0.3 is 17.9 Å². The zero-order chi connectivity index (χ0) is 37.0. The fourth-order valence-electron chi connectivity index (χ4n) is 5.74. The molecule has 0 amide bonds. The van der Waals surface area contributed by atoms with Crippen molar-refractivity contribution in [3.05, 3.63) is 166 Å². The van der Waals surface area contributed by atoms with E-state index < -0.39 is 48.0 Å². The van der Waals surface area contributed by atoms with E-state index >= 15 is 0 Å². The van der Waals surface area contributed by atoms with Crippen molar-refractivity contribution in [2.24, 2.45) is 0 Å². The Morgan fingerprint density at radius 3 is 1.85 bits per heavy atom. The molecule has 6 rings (SSSR count). The lowest BCUT2D eigenvalue weighted by Crippen LogP contribution is -2.41. The van der Waals surface area contributed by atoms with Gasteiger partial charge in [0.05, 0.1) is 23.3 Å². The molecule has 1 aromatic heterocycles. The Kier molecular flexibility index (Phi) is 12.8. The van der Waals surface area contributed by atoms with Crippen molar-refractivity contribution in [1.82, 2.24) is 9.55 Å². The first-order valence-corrected chi connectivity index (χ1v) is 18.1. The summed E-state index contributed by atoms with van der Waals surface area (Å²) in [6, 6.07) is 36.4. The molecule has 272 valence electrons. The van der Waals surface area contributed by atoms with E-state index in [0.29, 0.717) is 41.8 Å². The summed E-state index contributed by atoms with van der Waals surface area (Å²) in [6.45, 7) is 2.32. The first kappa shape index (κ1) is 37.2. The summed E-state index contributed by atoms with van der Waals surface area (Å²) in [6.07, 6.45) is -4.08. The van der Waals surface area contributed by atoms with Gasteiger partial charge < -0.3 is 23.7 Å². The molecular formula is C41H38N2O9S. The lowest BCUT2D eigenvalue weighted by molar-refractivity contribution is -0.0672. The first-order valence-electron chi connectivity index (χ1n) is 17.1. The predicted molar refractivity (Wildman–Crippen MR) is 197 cm³/mol. The van der Waals surface area contributed by atoms with Crippen LogP contribution in [0.25, 0.3) is 0 Å². The molecular weight excluding hydrogens is 697 g/mol. The molecule has 0 saturated carbocycles. The Hall–Kier alpha value is -5.56. The Labute approximate surface area is 310 Å². The summed E-state index contributed by atoms with van der Waals surface area (Å²) < 4.78 is 31.9. The van der Waals surface area contributed by atoms with Gasteiger partial charge in [0.25, 0.3) is 5.56 Å². The molecule has 5 aromatic rings. The first-order chi connectivity index (χ1) is 25.9. The maximum atomic E-state index is 13.6. The molecule has 0 spiro atoms. The largest absolute Gasteiger partial charge is 0.459 e. The van der Waals surface area contributed by atoms with Crippen LogP contribution in [-0.2, 0) is 30.3 Å². The fourth-order valence-corrected chi connectivity index (χ4v) is 6.73. The van der Waals surface area contributed by atoms with Gasteiger partial charge in [-0.3, -0.25) is 9.36 Å². The molecule has 0 N–H and O–H groups in total. The molecule has 1 aliphatic rings. The molecule has 1 aliphatic heterocycles. The zero-order valence-electron chi connectivity index (χ0n) is 28.9. The fraction of sp³-hybridized carbons (Fsp3) is 0.244. The Balaban J connectivity index is 1.29. The SMILES string of the molecule is Cc1cc(=O)nc(SCCCOCc2ccccc2)n1[C@@H]1O[C@H](COC(=O)c2ccccc2)[C@@H](OC(=O)c2ccccc2)[C@H]1OC(=O)c1ccccc1. The number of aryl methyl sites for hydroxylation is 1. The number of thioether (sulfide) groups is 1. The van der Waals surface area contributed by atoms with Crippen LogP contribution in [-0.4, -0.2) is 64.7 Å². The summed E-state index contributed by atoms with van der Waals surface area (Å²) in [5.41, 5.74) is 1.91. The smallest absolute Gasteiger partial charge is 0.338 e. The van der Waals surface area contributed by atoms with Gasteiger partial charge in [0.15, 0.2) is 23.6 Å². The quantitative estimate of drug-likeness (QED) is 0.0386. The van der Waals surface area contributed by atoms with E-state index in [1.54, 1.807) is 102 Å². The average Bonchev–Trinajstić information content (AvgIpc) is 3.51. The van der Waals surface area contributed by atoms with Gasteiger partial charge in [-0.2, -0.15) is 4.98 Å². The van der Waals surface area contributed by atoms with Crippen LogP contribution in [0.15, 0.2) is 137 Å².